The van der Waals surface area contributed by atoms with E-state index in [0.717, 1.165) is 29.4 Å². The van der Waals surface area contributed by atoms with Gasteiger partial charge in [-0.2, -0.15) is 0 Å². The number of aromatic nitrogens is 1. The van der Waals surface area contributed by atoms with Crippen molar-refractivity contribution < 1.29 is 4.92 Å². The predicted molar refractivity (Wildman–Crippen MR) is 70.9 cm³/mol. The Bertz CT molecular complexity index is 544. The fourth-order valence-electron chi connectivity index (χ4n) is 4.48. The number of pyridine rings is 1. The van der Waals surface area contributed by atoms with Crippen molar-refractivity contribution in [2.45, 2.75) is 32.2 Å². The fraction of sp³-hybridized carbons (Fsp3) is 0.643. The van der Waals surface area contributed by atoms with Gasteiger partial charge in [0.1, 0.15) is 0 Å². The van der Waals surface area contributed by atoms with E-state index in [1.807, 2.05) is 6.92 Å². The van der Waals surface area contributed by atoms with Crippen LogP contribution in [0, 0.1) is 40.7 Å². The van der Waals surface area contributed by atoms with Crippen LogP contribution < -0.4 is 5.32 Å². The van der Waals surface area contributed by atoms with Crippen LogP contribution in [0.3, 0.4) is 0 Å². The van der Waals surface area contributed by atoms with Gasteiger partial charge in [-0.1, -0.05) is 0 Å². The van der Waals surface area contributed by atoms with Gasteiger partial charge < -0.3 is 5.32 Å². The van der Waals surface area contributed by atoms with E-state index in [-0.39, 0.29) is 10.6 Å². The molecule has 4 rings (SSSR count). The topological polar surface area (TPSA) is 68.1 Å². The average molecular weight is 259 g/mol. The maximum atomic E-state index is 11.0. The summed E-state index contributed by atoms with van der Waals surface area (Å²) in [5, 5.41) is 14.4. The second-order valence-electron chi connectivity index (χ2n) is 6.24. The fourth-order valence-corrected chi connectivity index (χ4v) is 4.48. The summed E-state index contributed by atoms with van der Waals surface area (Å²) in [4.78, 5) is 15.0. The molecule has 0 aliphatic heterocycles. The minimum absolute atomic E-state index is 0.0999. The van der Waals surface area contributed by atoms with Crippen molar-refractivity contribution >= 4 is 11.5 Å². The molecule has 0 spiro atoms. The summed E-state index contributed by atoms with van der Waals surface area (Å²) in [6.45, 7) is 1.87. The number of rotatable bonds is 3. The number of nitro groups is 1. The summed E-state index contributed by atoms with van der Waals surface area (Å²) in [7, 11) is 0. The molecule has 0 saturated heterocycles. The van der Waals surface area contributed by atoms with Crippen molar-refractivity contribution in [1.29, 1.82) is 0 Å². The van der Waals surface area contributed by atoms with Crippen LogP contribution in [0.5, 0.6) is 0 Å². The Balaban J connectivity index is 1.58. The van der Waals surface area contributed by atoms with E-state index < -0.39 is 0 Å². The number of anilines is 1. The van der Waals surface area contributed by atoms with Gasteiger partial charge in [0.05, 0.1) is 4.92 Å². The maximum absolute atomic E-state index is 11.0. The Hall–Kier alpha value is -1.65. The van der Waals surface area contributed by atoms with Crippen LogP contribution >= 0.6 is 0 Å². The number of hydrogen-bond acceptors (Lipinski definition) is 4. The van der Waals surface area contributed by atoms with E-state index in [1.165, 1.54) is 19.3 Å². The third-order valence-corrected chi connectivity index (χ3v) is 5.25. The SMILES string of the molecule is Cc1ccc([N+](=O)[O-])c(NC2C3C4CCC(C4)C23)n1. The average Bonchev–Trinajstić information content (AvgIpc) is 2.78. The van der Waals surface area contributed by atoms with Gasteiger partial charge in [-0.15, -0.1) is 0 Å². The molecule has 3 saturated carbocycles. The zero-order chi connectivity index (χ0) is 13.1. The third kappa shape index (κ3) is 1.57. The van der Waals surface area contributed by atoms with Crippen molar-refractivity contribution in [2.24, 2.45) is 23.7 Å². The highest BCUT2D eigenvalue weighted by molar-refractivity contribution is 5.58. The summed E-state index contributed by atoms with van der Waals surface area (Å²) >= 11 is 0. The molecule has 4 atom stereocenters. The molecule has 19 heavy (non-hydrogen) atoms. The van der Waals surface area contributed by atoms with Crippen LogP contribution in [0.4, 0.5) is 11.5 Å². The summed E-state index contributed by atoms with van der Waals surface area (Å²) in [6, 6.07) is 3.68. The molecule has 4 unspecified atom stereocenters. The van der Waals surface area contributed by atoms with Gasteiger partial charge in [-0.25, -0.2) is 4.98 Å². The second-order valence-corrected chi connectivity index (χ2v) is 6.24. The highest BCUT2D eigenvalue weighted by Crippen LogP contribution is 2.66. The Morgan fingerprint density at radius 3 is 2.63 bits per heavy atom. The van der Waals surface area contributed by atoms with Crippen LogP contribution in [-0.2, 0) is 0 Å². The van der Waals surface area contributed by atoms with Crippen molar-refractivity contribution in [3.8, 4) is 0 Å². The molecule has 1 aromatic heterocycles. The summed E-state index contributed by atoms with van der Waals surface area (Å²) in [5.41, 5.74) is 0.921. The lowest BCUT2D eigenvalue weighted by Crippen LogP contribution is -2.15. The van der Waals surface area contributed by atoms with Gasteiger partial charge in [-0.3, -0.25) is 10.1 Å². The standard InChI is InChI=1S/C14H17N3O2/c1-7-2-5-10(17(18)19)14(15-7)16-13-11-8-3-4-9(6-8)12(11)13/h2,5,8-9,11-13H,3-4,6H2,1H3,(H,15,16). The molecular formula is C14H17N3O2. The highest BCUT2D eigenvalue weighted by Gasteiger charge is 2.65. The van der Waals surface area contributed by atoms with Crippen LogP contribution in [0.15, 0.2) is 12.1 Å². The highest BCUT2D eigenvalue weighted by atomic mass is 16.6. The van der Waals surface area contributed by atoms with Gasteiger partial charge in [0.2, 0.25) is 5.82 Å². The van der Waals surface area contributed by atoms with Gasteiger partial charge in [0.25, 0.3) is 0 Å². The minimum atomic E-state index is -0.346. The minimum Gasteiger partial charge on any atom is -0.361 e. The van der Waals surface area contributed by atoms with E-state index in [2.05, 4.69) is 10.3 Å². The van der Waals surface area contributed by atoms with Crippen molar-refractivity contribution in [3.05, 3.63) is 27.9 Å². The lowest BCUT2D eigenvalue weighted by Gasteiger charge is -2.11. The van der Waals surface area contributed by atoms with Crippen molar-refractivity contribution in [3.63, 3.8) is 0 Å². The van der Waals surface area contributed by atoms with E-state index in [4.69, 9.17) is 0 Å². The zero-order valence-electron chi connectivity index (χ0n) is 10.9. The van der Waals surface area contributed by atoms with Crippen LogP contribution in [0.2, 0.25) is 0 Å². The largest absolute Gasteiger partial charge is 0.361 e. The Morgan fingerprint density at radius 1 is 1.32 bits per heavy atom. The molecule has 5 heteroatoms. The number of aryl methyl sites for hydroxylation is 1. The number of nitrogens with one attached hydrogen (secondary N) is 1. The first-order valence-electron chi connectivity index (χ1n) is 7.03. The number of fused-ring (bicyclic) bond motifs is 5. The zero-order valence-corrected chi connectivity index (χ0v) is 10.9. The second kappa shape index (κ2) is 3.68. The van der Waals surface area contributed by atoms with Gasteiger partial charge in [0.15, 0.2) is 0 Å². The quantitative estimate of drug-likeness (QED) is 0.669. The van der Waals surface area contributed by atoms with Gasteiger partial charge >= 0.3 is 5.69 Å². The van der Waals surface area contributed by atoms with E-state index in [9.17, 15) is 10.1 Å². The molecule has 3 aliphatic rings. The monoisotopic (exact) mass is 259 g/mol. The molecule has 2 bridgehead atoms. The smallest absolute Gasteiger partial charge is 0.311 e. The van der Waals surface area contributed by atoms with Crippen LogP contribution in [0.25, 0.3) is 0 Å². The molecular weight excluding hydrogens is 242 g/mol. The van der Waals surface area contributed by atoms with Crippen LogP contribution in [-0.4, -0.2) is 15.9 Å². The van der Waals surface area contributed by atoms with E-state index in [1.54, 1.807) is 12.1 Å². The molecule has 1 heterocycles. The first-order chi connectivity index (χ1) is 9.15. The first-order valence-corrected chi connectivity index (χ1v) is 7.03. The molecule has 1 N–H and O–H groups in total. The normalized spacial score (nSPS) is 38.1. The molecule has 0 amide bonds. The first kappa shape index (κ1) is 11.2. The Morgan fingerprint density at radius 2 is 2.00 bits per heavy atom. The summed E-state index contributed by atoms with van der Waals surface area (Å²) < 4.78 is 0. The van der Waals surface area contributed by atoms with E-state index >= 15 is 0 Å². The Kier molecular flexibility index (Phi) is 2.17. The third-order valence-electron chi connectivity index (χ3n) is 5.25. The van der Waals surface area contributed by atoms with Gasteiger partial charge in [0, 0.05) is 17.8 Å². The van der Waals surface area contributed by atoms with E-state index in [0.29, 0.717) is 11.9 Å². The lowest BCUT2D eigenvalue weighted by molar-refractivity contribution is -0.384. The molecule has 3 fully saturated rings. The number of hydrogen-bond donors (Lipinski definition) is 1. The summed E-state index contributed by atoms with van der Waals surface area (Å²) in [5.74, 6) is 3.68. The lowest BCUT2D eigenvalue weighted by atomic mass is 10.0. The molecule has 100 valence electrons. The molecule has 0 aromatic carbocycles. The van der Waals surface area contributed by atoms with Crippen molar-refractivity contribution in [1.82, 2.24) is 4.98 Å². The molecule has 5 nitrogen and oxygen atoms in total. The molecule has 0 radical (unpaired) electrons. The van der Waals surface area contributed by atoms with Gasteiger partial charge in [-0.05, 0) is 55.9 Å². The molecule has 3 aliphatic carbocycles. The number of nitrogens with zero attached hydrogens (tertiary/aromatic N) is 2. The Labute approximate surface area is 111 Å². The van der Waals surface area contributed by atoms with Crippen LogP contribution in [0.1, 0.15) is 25.0 Å². The maximum Gasteiger partial charge on any atom is 0.311 e. The summed E-state index contributed by atoms with van der Waals surface area (Å²) in [6.07, 6.45) is 4.09. The predicted octanol–water partition coefficient (Wildman–Crippen LogP) is 2.75. The van der Waals surface area contributed by atoms with Crippen molar-refractivity contribution in [2.75, 3.05) is 5.32 Å². The molecule has 1 aromatic rings.